The highest BCUT2D eigenvalue weighted by atomic mass is 16.4. The molecule has 0 amide bonds. The number of hydrogen-bond acceptors (Lipinski definition) is 4. The Balaban J connectivity index is 1.97. The van der Waals surface area contributed by atoms with Crippen LogP contribution in [0.2, 0.25) is 0 Å². The smallest absolute Gasteiger partial charge is 0.333 e. The molecule has 6 nitrogen and oxygen atoms in total. The number of rotatable bonds is 3. The van der Waals surface area contributed by atoms with Crippen molar-refractivity contribution in [2.45, 2.75) is 65.4 Å². The second kappa shape index (κ2) is 6.32. The molecule has 0 radical (unpaired) electrons. The van der Waals surface area contributed by atoms with Crippen LogP contribution < -0.4 is 0 Å². The maximum atomic E-state index is 12.2. The van der Waals surface area contributed by atoms with Crippen molar-refractivity contribution in [1.82, 2.24) is 0 Å². The first-order valence-corrected chi connectivity index (χ1v) is 9.68. The summed E-state index contributed by atoms with van der Waals surface area (Å²) in [4.78, 5) is 35.8. The van der Waals surface area contributed by atoms with Crippen molar-refractivity contribution in [1.29, 1.82) is 0 Å². The van der Waals surface area contributed by atoms with E-state index in [1.54, 1.807) is 6.92 Å². The molecular formula is C20H30O6. The number of Topliss-reactive ketones (excluding diaryl/α,β-unsaturated/α-hetero) is 1. The van der Waals surface area contributed by atoms with Crippen LogP contribution in [0.5, 0.6) is 0 Å². The molecular weight excluding hydrogens is 336 g/mol. The Morgan fingerprint density at radius 3 is 2.38 bits per heavy atom. The zero-order valence-corrected chi connectivity index (χ0v) is 15.8. The number of carboxylic acid groups (broad SMARTS) is 2. The Bertz CT molecular complexity index is 630. The minimum Gasteiger partial charge on any atom is -0.481 e. The van der Waals surface area contributed by atoms with Crippen LogP contribution in [-0.2, 0) is 14.4 Å². The molecule has 3 N–H and O–H groups in total. The van der Waals surface area contributed by atoms with Crippen LogP contribution in [0.1, 0.15) is 59.3 Å². The summed E-state index contributed by atoms with van der Waals surface area (Å²) in [6.45, 7) is 5.78. The van der Waals surface area contributed by atoms with E-state index in [1.165, 1.54) is 0 Å². The molecule has 8 unspecified atom stereocenters. The molecule has 0 saturated heterocycles. The molecule has 0 heterocycles. The molecule has 0 aromatic rings. The van der Waals surface area contributed by atoms with E-state index in [9.17, 15) is 29.7 Å². The maximum Gasteiger partial charge on any atom is 0.333 e. The lowest BCUT2D eigenvalue weighted by molar-refractivity contribution is -0.188. The van der Waals surface area contributed by atoms with Crippen molar-refractivity contribution in [3.8, 4) is 0 Å². The van der Waals surface area contributed by atoms with Crippen LogP contribution in [0, 0.1) is 40.4 Å². The molecule has 3 aliphatic rings. The van der Waals surface area contributed by atoms with Gasteiger partial charge in [-0.05, 0) is 55.3 Å². The molecule has 3 aliphatic carbocycles. The number of aliphatic carboxylic acids is 2. The summed E-state index contributed by atoms with van der Waals surface area (Å²) in [5, 5.41) is 29.6. The SMILES string of the molecule is CC1CC2(C)C(CCC3C2CCC(C)(C(O)C(=O)O)C3C(=O)O)CC1=O. The maximum absolute atomic E-state index is 12.2. The first-order chi connectivity index (χ1) is 12.0. The van der Waals surface area contributed by atoms with Crippen LogP contribution in [0.3, 0.4) is 0 Å². The lowest BCUT2D eigenvalue weighted by Crippen LogP contribution is -2.59. The molecule has 0 aliphatic heterocycles. The molecule has 8 atom stereocenters. The predicted molar refractivity (Wildman–Crippen MR) is 93.3 cm³/mol. The van der Waals surface area contributed by atoms with Crippen molar-refractivity contribution < 1.29 is 29.7 Å². The monoisotopic (exact) mass is 366 g/mol. The fourth-order valence-corrected chi connectivity index (χ4v) is 6.70. The van der Waals surface area contributed by atoms with Gasteiger partial charge in [0.05, 0.1) is 5.92 Å². The van der Waals surface area contributed by atoms with Gasteiger partial charge in [-0.25, -0.2) is 4.79 Å². The van der Waals surface area contributed by atoms with Gasteiger partial charge in [0, 0.05) is 17.8 Å². The van der Waals surface area contributed by atoms with Crippen LogP contribution in [0.25, 0.3) is 0 Å². The first kappa shape index (κ1) is 19.3. The fraction of sp³-hybridized carbons (Fsp3) is 0.850. The number of ketones is 1. The van der Waals surface area contributed by atoms with Gasteiger partial charge in [-0.15, -0.1) is 0 Å². The number of aliphatic hydroxyl groups excluding tert-OH is 1. The molecule has 146 valence electrons. The number of fused-ring (bicyclic) bond motifs is 3. The largest absolute Gasteiger partial charge is 0.481 e. The van der Waals surface area contributed by atoms with Gasteiger partial charge in [-0.1, -0.05) is 20.8 Å². The fourth-order valence-electron chi connectivity index (χ4n) is 6.70. The summed E-state index contributed by atoms with van der Waals surface area (Å²) in [6, 6.07) is 0. The molecule has 3 rings (SSSR count). The van der Waals surface area contributed by atoms with E-state index >= 15 is 0 Å². The molecule has 3 fully saturated rings. The highest BCUT2D eigenvalue weighted by Gasteiger charge is 2.62. The lowest BCUT2D eigenvalue weighted by atomic mass is 9.43. The van der Waals surface area contributed by atoms with Crippen molar-refractivity contribution in [3.05, 3.63) is 0 Å². The molecule has 0 spiro atoms. The summed E-state index contributed by atoms with van der Waals surface area (Å²) in [7, 11) is 0. The number of carbonyl (C=O) groups excluding carboxylic acids is 1. The normalized spacial score (nSPS) is 46.8. The van der Waals surface area contributed by atoms with Crippen LogP contribution >= 0.6 is 0 Å². The van der Waals surface area contributed by atoms with E-state index in [-0.39, 0.29) is 29.1 Å². The van der Waals surface area contributed by atoms with Crippen LogP contribution in [0.15, 0.2) is 0 Å². The third-order valence-electron chi connectivity index (χ3n) is 8.15. The minimum atomic E-state index is -1.68. The van der Waals surface area contributed by atoms with Gasteiger partial charge in [0.15, 0.2) is 6.10 Å². The summed E-state index contributed by atoms with van der Waals surface area (Å²) in [5.41, 5.74) is -1.25. The predicted octanol–water partition coefficient (Wildman–Crippen LogP) is 2.58. The third kappa shape index (κ3) is 2.68. The van der Waals surface area contributed by atoms with E-state index in [1.807, 2.05) is 6.92 Å². The third-order valence-corrected chi connectivity index (χ3v) is 8.15. The Morgan fingerprint density at radius 1 is 1.15 bits per heavy atom. The van der Waals surface area contributed by atoms with E-state index < -0.39 is 29.4 Å². The Hall–Kier alpha value is -1.43. The van der Waals surface area contributed by atoms with E-state index in [2.05, 4.69) is 6.92 Å². The highest BCUT2D eigenvalue weighted by molar-refractivity contribution is 5.82. The summed E-state index contributed by atoms with van der Waals surface area (Å²) in [5.74, 6) is -2.64. The van der Waals surface area contributed by atoms with Gasteiger partial charge < -0.3 is 15.3 Å². The zero-order chi connectivity index (χ0) is 19.4. The van der Waals surface area contributed by atoms with Crippen molar-refractivity contribution in [3.63, 3.8) is 0 Å². The summed E-state index contributed by atoms with van der Waals surface area (Å²) in [6.07, 6.45) is 2.26. The first-order valence-electron chi connectivity index (χ1n) is 9.68. The average molecular weight is 366 g/mol. The Labute approximate surface area is 154 Å². The molecule has 0 aromatic heterocycles. The number of carbonyl (C=O) groups is 3. The van der Waals surface area contributed by atoms with Gasteiger partial charge in [0.2, 0.25) is 0 Å². The van der Waals surface area contributed by atoms with Gasteiger partial charge in [-0.3, -0.25) is 9.59 Å². The molecule has 0 bridgehead atoms. The van der Waals surface area contributed by atoms with Crippen molar-refractivity contribution in [2.75, 3.05) is 0 Å². The average Bonchev–Trinajstić information content (AvgIpc) is 2.54. The summed E-state index contributed by atoms with van der Waals surface area (Å²) >= 11 is 0. The summed E-state index contributed by atoms with van der Waals surface area (Å²) < 4.78 is 0. The molecule has 0 aromatic carbocycles. The molecule has 3 saturated carbocycles. The van der Waals surface area contributed by atoms with Crippen LogP contribution in [0.4, 0.5) is 0 Å². The number of carboxylic acids is 2. The van der Waals surface area contributed by atoms with Gasteiger partial charge >= 0.3 is 11.9 Å². The Morgan fingerprint density at radius 2 is 1.81 bits per heavy atom. The topological polar surface area (TPSA) is 112 Å². The van der Waals surface area contributed by atoms with Gasteiger partial charge in [0.1, 0.15) is 5.78 Å². The van der Waals surface area contributed by atoms with Crippen LogP contribution in [-0.4, -0.2) is 39.1 Å². The minimum absolute atomic E-state index is 0.00352. The van der Waals surface area contributed by atoms with E-state index in [0.717, 1.165) is 12.8 Å². The lowest BCUT2D eigenvalue weighted by Gasteiger charge is -2.60. The van der Waals surface area contributed by atoms with Gasteiger partial charge in [0.25, 0.3) is 0 Å². The van der Waals surface area contributed by atoms with Crippen molar-refractivity contribution in [2.24, 2.45) is 40.4 Å². The van der Waals surface area contributed by atoms with E-state index in [4.69, 9.17) is 0 Å². The van der Waals surface area contributed by atoms with Gasteiger partial charge in [-0.2, -0.15) is 0 Å². The number of aliphatic hydroxyl groups is 1. The zero-order valence-electron chi connectivity index (χ0n) is 15.8. The Kier molecular flexibility index (Phi) is 4.70. The molecule has 26 heavy (non-hydrogen) atoms. The number of hydrogen-bond donors (Lipinski definition) is 3. The standard InChI is InChI=1S/C20H30O6/c1-10-9-20(3)11(8-14(10)21)4-5-12-13(20)6-7-19(2,15(12)17(23)24)16(22)18(25)26/h10-13,15-16,22H,4-9H2,1-3H3,(H,23,24)(H,25,26). The highest BCUT2D eigenvalue weighted by Crippen LogP contribution is 2.63. The van der Waals surface area contributed by atoms with E-state index in [0.29, 0.717) is 31.5 Å². The molecule has 6 heteroatoms. The van der Waals surface area contributed by atoms with Crippen molar-refractivity contribution >= 4 is 17.7 Å². The second-order valence-corrected chi connectivity index (χ2v) is 9.43. The quantitative estimate of drug-likeness (QED) is 0.708. The second-order valence-electron chi connectivity index (χ2n) is 9.43.